The number of aryl methyl sites for hydroxylation is 1. The molecule has 1 amide bonds. The zero-order valence-electron chi connectivity index (χ0n) is 14.1. The highest BCUT2D eigenvalue weighted by atomic mass is 32.1. The molecule has 0 aliphatic heterocycles. The lowest BCUT2D eigenvalue weighted by Gasteiger charge is -1.99. The molecule has 0 radical (unpaired) electrons. The van der Waals surface area contributed by atoms with Gasteiger partial charge in [0.1, 0.15) is 5.01 Å². The number of rotatable bonds is 4. The summed E-state index contributed by atoms with van der Waals surface area (Å²) in [5, 5.41) is 5.66. The predicted octanol–water partition coefficient (Wildman–Crippen LogP) is 5.19. The minimum atomic E-state index is -0.961. The van der Waals surface area contributed by atoms with Crippen molar-refractivity contribution < 1.29 is 13.6 Å². The molecular formula is C19H13F2N3OS2. The third kappa shape index (κ3) is 3.86. The quantitative estimate of drug-likeness (QED) is 0.512. The number of benzene rings is 2. The van der Waals surface area contributed by atoms with Crippen molar-refractivity contribution >= 4 is 43.9 Å². The van der Waals surface area contributed by atoms with E-state index in [0.29, 0.717) is 21.0 Å². The number of amides is 1. The number of halogens is 2. The monoisotopic (exact) mass is 401 g/mol. The largest absolute Gasteiger partial charge is 0.302 e. The van der Waals surface area contributed by atoms with Crippen LogP contribution >= 0.6 is 22.7 Å². The summed E-state index contributed by atoms with van der Waals surface area (Å²) in [6, 6.07) is 10.1. The minimum Gasteiger partial charge on any atom is -0.302 e. The molecule has 4 aromatic rings. The standard InChI is InChI=1S/C19H13F2N3OS2/c1-10-2-4-11(5-3-10)18-22-12(9-26-18)6-17(25)24-19-23-15-7-13(20)14(21)8-16(15)27-19/h2-5,7-9H,6H2,1H3,(H,23,24,25). The number of thiazole rings is 2. The third-order valence-electron chi connectivity index (χ3n) is 3.87. The SMILES string of the molecule is Cc1ccc(-c2nc(CC(=O)Nc3nc4cc(F)c(F)cc4s3)cs2)cc1. The van der Waals surface area contributed by atoms with Crippen LogP contribution in [0.15, 0.2) is 41.8 Å². The van der Waals surface area contributed by atoms with Gasteiger partial charge in [0, 0.05) is 17.0 Å². The van der Waals surface area contributed by atoms with Crippen LogP contribution in [-0.4, -0.2) is 15.9 Å². The number of hydrogen-bond acceptors (Lipinski definition) is 5. The average Bonchev–Trinajstić information content (AvgIpc) is 3.22. The van der Waals surface area contributed by atoms with Crippen LogP contribution in [0.3, 0.4) is 0 Å². The molecule has 0 aliphatic carbocycles. The number of carbonyl (C=O) groups is 1. The zero-order valence-corrected chi connectivity index (χ0v) is 15.8. The molecule has 4 nitrogen and oxygen atoms in total. The van der Waals surface area contributed by atoms with Crippen LogP contribution in [-0.2, 0) is 11.2 Å². The summed E-state index contributed by atoms with van der Waals surface area (Å²) in [7, 11) is 0. The van der Waals surface area contributed by atoms with Gasteiger partial charge in [0.25, 0.3) is 0 Å². The van der Waals surface area contributed by atoms with Gasteiger partial charge >= 0.3 is 0 Å². The topological polar surface area (TPSA) is 54.9 Å². The van der Waals surface area contributed by atoms with E-state index in [1.165, 1.54) is 16.9 Å². The summed E-state index contributed by atoms with van der Waals surface area (Å²) in [6.07, 6.45) is 0.0982. The molecular weight excluding hydrogens is 388 g/mol. The van der Waals surface area contributed by atoms with Gasteiger partial charge < -0.3 is 5.32 Å². The maximum atomic E-state index is 13.3. The number of nitrogens with one attached hydrogen (secondary N) is 1. The van der Waals surface area contributed by atoms with E-state index in [2.05, 4.69) is 15.3 Å². The molecule has 2 aromatic carbocycles. The molecule has 0 fully saturated rings. The highest BCUT2D eigenvalue weighted by molar-refractivity contribution is 7.22. The van der Waals surface area contributed by atoms with Crippen molar-refractivity contribution in [1.82, 2.24) is 9.97 Å². The van der Waals surface area contributed by atoms with Crippen LogP contribution in [0.5, 0.6) is 0 Å². The number of aromatic nitrogens is 2. The third-order valence-corrected chi connectivity index (χ3v) is 5.74. The fourth-order valence-electron chi connectivity index (χ4n) is 2.52. The summed E-state index contributed by atoms with van der Waals surface area (Å²) in [5.41, 5.74) is 3.15. The van der Waals surface area contributed by atoms with Crippen LogP contribution in [0.2, 0.25) is 0 Å². The second-order valence-electron chi connectivity index (χ2n) is 5.99. The van der Waals surface area contributed by atoms with Gasteiger partial charge in [-0.2, -0.15) is 0 Å². The molecule has 8 heteroatoms. The van der Waals surface area contributed by atoms with Crippen LogP contribution in [0.1, 0.15) is 11.3 Å². The van der Waals surface area contributed by atoms with E-state index in [0.717, 1.165) is 34.0 Å². The fraction of sp³-hybridized carbons (Fsp3) is 0.105. The molecule has 2 aromatic heterocycles. The van der Waals surface area contributed by atoms with E-state index in [4.69, 9.17) is 0 Å². The first-order valence-corrected chi connectivity index (χ1v) is 9.74. The van der Waals surface area contributed by atoms with Gasteiger partial charge in [-0.15, -0.1) is 11.3 Å². The van der Waals surface area contributed by atoms with Crippen LogP contribution < -0.4 is 5.32 Å². The van der Waals surface area contributed by atoms with Crippen molar-refractivity contribution in [2.75, 3.05) is 5.32 Å². The molecule has 0 spiro atoms. The Morgan fingerprint density at radius 2 is 1.85 bits per heavy atom. The lowest BCUT2D eigenvalue weighted by molar-refractivity contribution is -0.115. The summed E-state index contributed by atoms with van der Waals surface area (Å²) in [4.78, 5) is 20.9. The van der Waals surface area contributed by atoms with Crippen molar-refractivity contribution in [2.24, 2.45) is 0 Å². The molecule has 0 aliphatic rings. The van der Waals surface area contributed by atoms with Crippen LogP contribution in [0.4, 0.5) is 13.9 Å². The Kier molecular flexibility index (Phi) is 4.67. The first-order chi connectivity index (χ1) is 13.0. The van der Waals surface area contributed by atoms with Crippen molar-refractivity contribution in [3.05, 3.63) is 64.7 Å². The molecule has 136 valence electrons. The maximum Gasteiger partial charge on any atom is 0.232 e. The van der Waals surface area contributed by atoms with E-state index in [1.807, 2.05) is 36.6 Å². The molecule has 0 atom stereocenters. The molecule has 27 heavy (non-hydrogen) atoms. The van der Waals surface area contributed by atoms with Gasteiger partial charge in [0.2, 0.25) is 5.91 Å². The molecule has 0 bridgehead atoms. The van der Waals surface area contributed by atoms with Crippen LogP contribution in [0.25, 0.3) is 20.8 Å². The van der Waals surface area contributed by atoms with Crippen molar-refractivity contribution in [3.63, 3.8) is 0 Å². The lowest BCUT2D eigenvalue weighted by Crippen LogP contribution is -2.14. The Balaban J connectivity index is 1.46. The maximum absolute atomic E-state index is 13.3. The number of fused-ring (bicyclic) bond motifs is 1. The summed E-state index contributed by atoms with van der Waals surface area (Å²) >= 11 is 2.57. The first kappa shape index (κ1) is 17.7. The fourth-order valence-corrected chi connectivity index (χ4v) is 4.24. The Hall–Kier alpha value is -2.71. The highest BCUT2D eigenvalue weighted by Gasteiger charge is 2.13. The number of carbonyl (C=O) groups excluding carboxylic acids is 1. The van der Waals surface area contributed by atoms with Gasteiger partial charge in [0.15, 0.2) is 16.8 Å². The molecule has 2 heterocycles. The van der Waals surface area contributed by atoms with Gasteiger partial charge in [-0.25, -0.2) is 18.7 Å². The van der Waals surface area contributed by atoms with E-state index in [1.54, 1.807) is 0 Å². The molecule has 0 saturated heterocycles. The van der Waals surface area contributed by atoms with E-state index < -0.39 is 11.6 Å². The van der Waals surface area contributed by atoms with Gasteiger partial charge in [-0.3, -0.25) is 4.79 Å². The van der Waals surface area contributed by atoms with E-state index >= 15 is 0 Å². The molecule has 0 saturated carbocycles. The zero-order chi connectivity index (χ0) is 19.0. The number of nitrogens with zero attached hydrogens (tertiary/aromatic N) is 2. The van der Waals surface area contributed by atoms with Gasteiger partial charge in [-0.05, 0) is 13.0 Å². The average molecular weight is 401 g/mol. The number of hydrogen-bond donors (Lipinski definition) is 1. The summed E-state index contributed by atoms with van der Waals surface area (Å²) < 4.78 is 27.0. The Bertz CT molecular complexity index is 1100. The molecule has 1 N–H and O–H groups in total. The van der Waals surface area contributed by atoms with Gasteiger partial charge in [-0.1, -0.05) is 41.2 Å². The smallest absolute Gasteiger partial charge is 0.232 e. The van der Waals surface area contributed by atoms with Crippen molar-refractivity contribution in [2.45, 2.75) is 13.3 Å². The highest BCUT2D eigenvalue weighted by Crippen LogP contribution is 2.28. The lowest BCUT2D eigenvalue weighted by atomic mass is 10.2. The Morgan fingerprint density at radius 1 is 1.11 bits per heavy atom. The van der Waals surface area contributed by atoms with Crippen LogP contribution in [0, 0.1) is 18.6 Å². The van der Waals surface area contributed by atoms with Crippen molar-refractivity contribution in [3.8, 4) is 10.6 Å². The molecule has 0 unspecified atom stereocenters. The Morgan fingerprint density at radius 3 is 2.63 bits per heavy atom. The second-order valence-corrected chi connectivity index (χ2v) is 7.88. The van der Waals surface area contributed by atoms with E-state index in [-0.39, 0.29) is 12.3 Å². The number of anilines is 1. The Labute approximate surface area is 161 Å². The summed E-state index contributed by atoms with van der Waals surface area (Å²) in [6.45, 7) is 2.02. The second kappa shape index (κ2) is 7.13. The predicted molar refractivity (Wildman–Crippen MR) is 104 cm³/mol. The van der Waals surface area contributed by atoms with E-state index in [9.17, 15) is 13.6 Å². The van der Waals surface area contributed by atoms with Crippen molar-refractivity contribution in [1.29, 1.82) is 0 Å². The van der Waals surface area contributed by atoms with Gasteiger partial charge in [0.05, 0.1) is 22.3 Å². The minimum absolute atomic E-state index is 0.0982. The normalized spacial score (nSPS) is 11.1. The summed E-state index contributed by atoms with van der Waals surface area (Å²) in [5.74, 6) is -2.18. The first-order valence-electron chi connectivity index (χ1n) is 8.05. The molecule has 4 rings (SSSR count).